The number of rotatable bonds is 12. The van der Waals surface area contributed by atoms with Gasteiger partial charge < -0.3 is 19.9 Å². The van der Waals surface area contributed by atoms with E-state index in [1.165, 1.54) is 5.56 Å². The predicted molar refractivity (Wildman–Crippen MR) is 136 cm³/mol. The molecule has 2 N–H and O–H groups in total. The van der Waals surface area contributed by atoms with Crippen LogP contribution >= 0.6 is 0 Å². The molecule has 6 heteroatoms. The van der Waals surface area contributed by atoms with Crippen molar-refractivity contribution in [2.24, 2.45) is 0 Å². The number of amides is 1. The van der Waals surface area contributed by atoms with Crippen molar-refractivity contribution in [3.63, 3.8) is 0 Å². The lowest BCUT2D eigenvalue weighted by Crippen LogP contribution is -2.58. The Kier molecular flexibility index (Phi) is 8.90. The molecular formula is C29H33NO5. The molecule has 0 saturated carbocycles. The summed E-state index contributed by atoms with van der Waals surface area (Å²) in [5.74, 6) is -0.656. The van der Waals surface area contributed by atoms with Gasteiger partial charge in [-0.3, -0.25) is 4.79 Å². The molecule has 6 nitrogen and oxygen atoms in total. The van der Waals surface area contributed by atoms with E-state index in [2.05, 4.69) is 17.4 Å². The standard InChI is InChI=1S/C29H33NO5/c1-4-29(28(32)33,30-27(31)24-16-9-6-10-17-24)35-26-19-18-25(21(2)22(26)3)34-20-12-11-15-23-13-7-5-8-14-23/h5-10,13-14,16-19H,4,11-12,15,20H2,1-3H3,(H,30,31)(H,32,33). The van der Waals surface area contributed by atoms with Crippen LogP contribution in [0.3, 0.4) is 0 Å². The molecule has 3 rings (SSSR count). The molecule has 35 heavy (non-hydrogen) atoms. The second-order valence-electron chi connectivity index (χ2n) is 8.51. The Morgan fingerprint density at radius 1 is 0.857 bits per heavy atom. The van der Waals surface area contributed by atoms with Crippen molar-refractivity contribution in [3.8, 4) is 11.5 Å². The van der Waals surface area contributed by atoms with Gasteiger partial charge in [0.2, 0.25) is 0 Å². The van der Waals surface area contributed by atoms with Crippen LogP contribution in [0.25, 0.3) is 0 Å². The molecule has 0 saturated heterocycles. The number of hydrogen-bond acceptors (Lipinski definition) is 4. The van der Waals surface area contributed by atoms with Crippen molar-refractivity contribution in [2.75, 3.05) is 6.61 Å². The summed E-state index contributed by atoms with van der Waals surface area (Å²) >= 11 is 0. The number of hydrogen-bond donors (Lipinski definition) is 2. The van der Waals surface area contributed by atoms with Crippen LogP contribution in [0.2, 0.25) is 0 Å². The molecule has 1 atom stereocenters. The van der Waals surface area contributed by atoms with Gasteiger partial charge in [0.25, 0.3) is 11.6 Å². The van der Waals surface area contributed by atoms with Crippen LogP contribution in [0.1, 0.15) is 53.2 Å². The molecule has 184 valence electrons. The molecule has 3 aromatic carbocycles. The number of unbranched alkanes of at least 4 members (excludes halogenated alkanes) is 1. The lowest BCUT2D eigenvalue weighted by atomic mass is 10.1. The molecule has 0 radical (unpaired) electrons. The largest absolute Gasteiger partial charge is 0.493 e. The maximum absolute atomic E-state index is 12.7. The van der Waals surface area contributed by atoms with E-state index in [0.29, 0.717) is 17.9 Å². The summed E-state index contributed by atoms with van der Waals surface area (Å²) in [6.07, 6.45) is 3.01. The van der Waals surface area contributed by atoms with Gasteiger partial charge in [0, 0.05) is 12.0 Å². The van der Waals surface area contributed by atoms with Crippen LogP contribution in [-0.2, 0) is 11.2 Å². The minimum Gasteiger partial charge on any atom is -0.493 e. The Labute approximate surface area is 206 Å². The number of carboxylic acids is 1. The molecule has 3 aromatic rings. The van der Waals surface area contributed by atoms with E-state index in [1.807, 2.05) is 32.0 Å². The fourth-order valence-electron chi connectivity index (χ4n) is 3.76. The van der Waals surface area contributed by atoms with Gasteiger partial charge in [0.1, 0.15) is 11.5 Å². The second kappa shape index (κ2) is 12.1. The Bertz CT molecular complexity index is 1130. The zero-order valence-electron chi connectivity index (χ0n) is 20.5. The molecule has 0 bridgehead atoms. The van der Waals surface area contributed by atoms with E-state index < -0.39 is 17.6 Å². The third-order valence-electron chi connectivity index (χ3n) is 6.13. The first-order valence-corrected chi connectivity index (χ1v) is 11.9. The molecule has 1 amide bonds. The molecule has 0 aliphatic heterocycles. The predicted octanol–water partition coefficient (Wildman–Crippen LogP) is 5.70. The summed E-state index contributed by atoms with van der Waals surface area (Å²) in [7, 11) is 0. The highest BCUT2D eigenvalue weighted by atomic mass is 16.5. The lowest BCUT2D eigenvalue weighted by Gasteiger charge is -2.31. The zero-order valence-corrected chi connectivity index (χ0v) is 20.5. The highest BCUT2D eigenvalue weighted by Gasteiger charge is 2.42. The first-order valence-electron chi connectivity index (χ1n) is 11.9. The number of ether oxygens (including phenoxy) is 2. The highest BCUT2D eigenvalue weighted by molar-refractivity contribution is 5.97. The monoisotopic (exact) mass is 475 g/mol. The molecule has 0 fully saturated rings. The molecule has 0 heterocycles. The smallest absolute Gasteiger partial charge is 0.370 e. The number of carboxylic acid groups (broad SMARTS) is 1. The maximum Gasteiger partial charge on any atom is 0.370 e. The molecule has 1 unspecified atom stereocenters. The van der Waals surface area contributed by atoms with Crippen molar-refractivity contribution < 1.29 is 24.2 Å². The van der Waals surface area contributed by atoms with E-state index in [1.54, 1.807) is 49.4 Å². The first kappa shape index (κ1) is 25.8. The van der Waals surface area contributed by atoms with Crippen LogP contribution in [0.15, 0.2) is 72.8 Å². The third-order valence-corrected chi connectivity index (χ3v) is 6.13. The first-order chi connectivity index (χ1) is 16.9. The normalized spacial score (nSPS) is 12.4. The van der Waals surface area contributed by atoms with Crippen LogP contribution in [0.4, 0.5) is 0 Å². The quantitative estimate of drug-likeness (QED) is 0.259. The summed E-state index contributed by atoms with van der Waals surface area (Å²) in [5, 5.41) is 12.6. The van der Waals surface area contributed by atoms with Gasteiger partial charge in [-0.25, -0.2) is 4.79 Å². The van der Waals surface area contributed by atoms with Gasteiger partial charge in [0.15, 0.2) is 0 Å². The van der Waals surface area contributed by atoms with Crippen molar-refractivity contribution in [1.29, 1.82) is 0 Å². The van der Waals surface area contributed by atoms with Crippen LogP contribution in [-0.4, -0.2) is 29.3 Å². The number of carbonyl (C=O) groups excluding carboxylic acids is 1. The summed E-state index contributed by atoms with van der Waals surface area (Å²) in [6, 6.07) is 22.3. The minimum atomic E-state index is -1.90. The molecular weight excluding hydrogens is 442 g/mol. The summed E-state index contributed by atoms with van der Waals surface area (Å²) in [6.45, 7) is 6.02. The van der Waals surface area contributed by atoms with Gasteiger partial charge in [-0.2, -0.15) is 0 Å². The summed E-state index contributed by atoms with van der Waals surface area (Å²) in [5.41, 5.74) is 1.41. The van der Waals surface area contributed by atoms with E-state index in [4.69, 9.17) is 9.47 Å². The Morgan fingerprint density at radius 3 is 2.09 bits per heavy atom. The minimum absolute atomic E-state index is 0.0407. The van der Waals surface area contributed by atoms with Crippen LogP contribution in [0.5, 0.6) is 11.5 Å². The van der Waals surface area contributed by atoms with E-state index in [-0.39, 0.29) is 6.42 Å². The summed E-state index contributed by atoms with van der Waals surface area (Å²) < 4.78 is 12.0. The van der Waals surface area contributed by atoms with Gasteiger partial charge in [-0.1, -0.05) is 55.5 Å². The van der Waals surface area contributed by atoms with Gasteiger partial charge in [-0.05, 0) is 74.1 Å². The molecule has 0 spiro atoms. The Morgan fingerprint density at radius 2 is 1.46 bits per heavy atom. The SMILES string of the molecule is CCC(NC(=O)c1ccccc1)(Oc1ccc(OCCCCc2ccccc2)c(C)c1C)C(=O)O. The lowest BCUT2D eigenvalue weighted by molar-refractivity contribution is -0.158. The second-order valence-corrected chi connectivity index (χ2v) is 8.51. The summed E-state index contributed by atoms with van der Waals surface area (Å²) in [4.78, 5) is 24.9. The van der Waals surface area contributed by atoms with Crippen LogP contribution < -0.4 is 14.8 Å². The van der Waals surface area contributed by atoms with Gasteiger partial charge >= 0.3 is 5.97 Å². The van der Waals surface area contributed by atoms with Crippen molar-refractivity contribution >= 4 is 11.9 Å². The molecule has 0 aromatic heterocycles. The van der Waals surface area contributed by atoms with Gasteiger partial charge in [-0.15, -0.1) is 0 Å². The topological polar surface area (TPSA) is 84.9 Å². The number of aryl methyl sites for hydroxylation is 1. The number of aliphatic carboxylic acids is 1. The highest BCUT2D eigenvalue weighted by Crippen LogP contribution is 2.32. The van der Waals surface area contributed by atoms with E-state index >= 15 is 0 Å². The Balaban J connectivity index is 1.66. The van der Waals surface area contributed by atoms with Crippen molar-refractivity contribution in [1.82, 2.24) is 5.32 Å². The number of nitrogens with one attached hydrogen (secondary N) is 1. The van der Waals surface area contributed by atoms with Crippen molar-refractivity contribution in [3.05, 3.63) is 95.1 Å². The van der Waals surface area contributed by atoms with Crippen LogP contribution in [0, 0.1) is 13.8 Å². The van der Waals surface area contributed by atoms with E-state index in [0.717, 1.165) is 36.1 Å². The van der Waals surface area contributed by atoms with E-state index in [9.17, 15) is 14.7 Å². The molecule has 0 aliphatic rings. The zero-order chi connectivity index (χ0) is 25.3. The number of benzene rings is 3. The Hall–Kier alpha value is -3.80. The number of carbonyl (C=O) groups is 2. The fraction of sp³-hybridized carbons (Fsp3) is 0.310. The average Bonchev–Trinajstić information content (AvgIpc) is 2.88. The maximum atomic E-state index is 12.7. The molecule has 0 aliphatic carbocycles. The van der Waals surface area contributed by atoms with Crippen molar-refractivity contribution in [2.45, 2.75) is 52.2 Å². The third kappa shape index (κ3) is 6.63. The average molecular weight is 476 g/mol. The van der Waals surface area contributed by atoms with Gasteiger partial charge in [0.05, 0.1) is 6.61 Å². The fourth-order valence-corrected chi connectivity index (χ4v) is 3.76.